The predicted molar refractivity (Wildman–Crippen MR) is 114 cm³/mol. The van der Waals surface area contributed by atoms with Crippen LogP contribution in [0.1, 0.15) is 34.0 Å². The summed E-state index contributed by atoms with van der Waals surface area (Å²) >= 11 is 5.79. The number of rotatable bonds is 5. The number of hydrogen-bond acceptors (Lipinski definition) is 5. The Morgan fingerprint density at radius 2 is 2.06 bits per heavy atom. The van der Waals surface area contributed by atoms with Crippen LogP contribution < -0.4 is 16.1 Å². The monoisotopic (exact) mass is 462 g/mol. The van der Waals surface area contributed by atoms with Crippen LogP contribution in [-0.4, -0.2) is 43.8 Å². The van der Waals surface area contributed by atoms with Crippen molar-refractivity contribution in [2.45, 2.75) is 12.5 Å². The largest absolute Gasteiger partial charge is 0.372 e. The fraction of sp³-hybridized carbons (Fsp3) is 0.318. The van der Waals surface area contributed by atoms with Crippen molar-refractivity contribution in [3.05, 3.63) is 69.7 Å². The highest BCUT2D eigenvalue weighted by Gasteiger charge is 2.28. The van der Waals surface area contributed by atoms with E-state index in [-0.39, 0.29) is 46.7 Å². The van der Waals surface area contributed by atoms with Gasteiger partial charge in [0, 0.05) is 36.7 Å². The van der Waals surface area contributed by atoms with Gasteiger partial charge in [-0.05, 0) is 35.9 Å². The predicted octanol–water partition coefficient (Wildman–Crippen LogP) is 2.55. The van der Waals surface area contributed by atoms with E-state index in [2.05, 4.69) is 21.2 Å². The van der Waals surface area contributed by atoms with Gasteiger partial charge in [-0.25, -0.2) is 14.2 Å². The minimum atomic E-state index is -0.567. The zero-order chi connectivity index (χ0) is 22.7. The molecule has 1 saturated heterocycles. The number of ether oxygens (including phenoxy) is 1. The molecule has 3 N–H and O–H groups in total. The molecule has 0 radical (unpaired) electrons. The Balaban J connectivity index is 1.48. The molecule has 2 heterocycles. The number of benzene rings is 2. The van der Waals surface area contributed by atoms with Gasteiger partial charge < -0.3 is 15.4 Å². The molecule has 2 aromatic rings. The van der Waals surface area contributed by atoms with E-state index in [0.717, 1.165) is 0 Å². The fourth-order valence-corrected chi connectivity index (χ4v) is 3.87. The van der Waals surface area contributed by atoms with Crippen LogP contribution in [0.15, 0.2) is 41.5 Å². The van der Waals surface area contributed by atoms with Crippen LogP contribution in [-0.2, 0) is 9.53 Å². The van der Waals surface area contributed by atoms with Crippen molar-refractivity contribution in [1.82, 2.24) is 16.1 Å². The topological polar surface area (TPSA) is 91.8 Å². The van der Waals surface area contributed by atoms with Crippen LogP contribution in [0.3, 0.4) is 0 Å². The minimum absolute atomic E-state index is 0.0289. The van der Waals surface area contributed by atoms with Crippen LogP contribution in [0.4, 0.5) is 8.78 Å². The zero-order valence-corrected chi connectivity index (χ0v) is 17.7. The third kappa shape index (κ3) is 4.95. The van der Waals surface area contributed by atoms with Gasteiger partial charge in [0.1, 0.15) is 11.6 Å². The van der Waals surface area contributed by atoms with Crippen molar-refractivity contribution in [3.63, 3.8) is 0 Å². The molecule has 0 unspecified atom stereocenters. The summed E-state index contributed by atoms with van der Waals surface area (Å²) in [7, 11) is 0. The number of nitrogens with zero attached hydrogens (tertiary/aromatic N) is 1. The van der Waals surface area contributed by atoms with E-state index in [1.165, 1.54) is 30.3 Å². The van der Waals surface area contributed by atoms with E-state index in [1.54, 1.807) is 6.07 Å². The van der Waals surface area contributed by atoms with Gasteiger partial charge in [0.25, 0.3) is 5.91 Å². The number of halogens is 3. The fourth-order valence-electron chi connectivity index (χ4n) is 3.76. The number of hydrazone groups is 1. The van der Waals surface area contributed by atoms with Crippen LogP contribution in [0.25, 0.3) is 0 Å². The Morgan fingerprint density at radius 1 is 1.22 bits per heavy atom. The highest BCUT2D eigenvalue weighted by molar-refractivity contribution is 6.30. The SMILES string of the molecule is O=C1CC(c2cc(C(=O)NC[C@@H]3CNCCO[C@H]3c3ccc(Cl)c(F)c3)ccc2F)=NN1. The number of nitrogens with one attached hydrogen (secondary N) is 3. The third-order valence-corrected chi connectivity index (χ3v) is 5.70. The van der Waals surface area contributed by atoms with Gasteiger partial charge in [-0.15, -0.1) is 0 Å². The molecule has 0 saturated carbocycles. The molecule has 1 fully saturated rings. The van der Waals surface area contributed by atoms with Crippen molar-refractivity contribution in [1.29, 1.82) is 0 Å². The van der Waals surface area contributed by atoms with E-state index in [4.69, 9.17) is 16.3 Å². The van der Waals surface area contributed by atoms with E-state index >= 15 is 0 Å². The molecule has 0 bridgehead atoms. The van der Waals surface area contributed by atoms with E-state index in [9.17, 15) is 18.4 Å². The average Bonchev–Trinajstić information content (AvgIpc) is 3.07. The first kappa shape index (κ1) is 22.3. The Kier molecular flexibility index (Phi) is 6.78. The first-order chi connectivity index (χ1) is 15.4. The van der Waals surface area contributed by atoms with Gasteiger partial charge in [-0.3, -0.25) is 9.59 Å². The molecule has 0 aromatic heterocycles. The standard InChI is InChI=1S/C22H21ClF2N4O3/c23-16-3-1-12(8-18(16)25)21-14(10-26-5-6-32-21)11-27-22(31)13-2-4-17(24)15(7-13)19-9-20(30)29-28-19/h1-4,7-8,14,21,26H,5-6,9-11H2,(H,27,31)(H,29,30)/t14-,21-/m0/s1. The number of carbonyl (C=O) groups excluding carboxylic acids is 2. The van der Waals surface area contributed by atoms with Crippen molar-refractivity contribution >= 4 is 29.1 Å². The summed E-state index contributed by atoms with van der Waals surface area (Å²) in [6.07, 6.45) is -0.488. The normalized spacial score (nSPS) is 21.0. The molecule has 2 aliphatic heterocycles. The Labute approximate surface area is 188 Å². The summed E-state index contributed by atoms with van der Waals surface area (Å²) in [4.78, 5) is 24.1. The molecule has 2 atom stereocenters. The molecule has 2 aliphatic rings. The first-order valence-corrected chi connectivity index (χ1v) is 10.5. The van der Waals surface area contributed by atoms with Gasteiger partial charge >= 0.3 is 0 Å². The maximum atomic E-state index is 14.2. The highest BCUT2D eigenvalue weighted by Crippen LogP contribution is 2.29. The van der Waals surface area contributed by atoms with E-state index in [0.29, 0.717) is 25.3 Å². The summed E-state index contributed by atoms with van der Waals surface area (Å²) in [6.45, 7) is 1.87. The molecule has 0 spiro atoms. The van der Waals surface area contributed by atoms with Crippen molar-refractivity contribution < 1.29 is 23.1 Å². The lowest BCUT2D eigenvalue weighted by Gasteiger charge is -2.25. The lowest BCUT2D eigenvalue weighted by Crippen LogP contribution is -2.36. The molecule has 2 amide bonds. The average molecular weight is 463 g/mol. The number of amides is 2. The zero-order valence-electron chi connectivity index (χ0n) is 17.0. The second-order valence-electron chi connectivity index (χ2n) is 7.60. The third-order valence-electron chi connectivity index (χ3n) is 5.39. The lowest BCUT2D eigenvalue weighted by molar-refractivity contribution is -0.119. The van der Waals surface area contributed by atoms with Gasteiger partial charge in [0.2, 0.25) is 5.91 Å². The second-order valence-corrected chi connectivity index (χ2v) is 8.01. The summed E-state index contributed by atoms with van der Waals surface area (Å²) in [5, 5.41) is 9.93. The molecule has 4 rings (SSSR count). The second kappa shape index (κ2) is 9.72. The van der Waals surface area contributed by atoms with Crippen molar-refractivity contribution in [2.24, 2.45) is 11.0 Å². The van der Waals surface area contributed by atoms with Crippen molar-refractivity contribution in [3.8, 4) is 0 Å². The van der Waals surface area contributed by atoms with Crippen LogP contribution >= 0.6 is 11.6 Å². The smallest absolute Gasteiger partial charge is 0.251 e. The quantitative estimate of drug-likeness (QED) is 0.637. The van der Waals surface area contributed by atoms with E-state index < -0.39 is 23.6 Å². The minimum Gasteiger partial charge on any atom is -0.372 e. The molecule has 2 aromatic carbocycles. The summed E-state index contributed by atoms with van der Waals surface area (Å²) in [5.74, 6) is -2.02. The number of hydrogen-bond donors (Lipinski definition) is 3. The molecular weight excluding hydrogens is 442 g/mol. The Morgan fingerprint density at radius 3 is 2.81 bits per heavy atom. The van der Waals surface area contributed by atoms with Gasteiger partial charge in [0.15, 0.2) is 0 Å². The van der Waals surface area contributed by atoms with Gasteiger partial charge in [0.05, 0.1) is 29.9 Å². The summed E-state index contributed by atoms with van der Waals surface area (Å²) < 4.78 is 34.1. The molecule has 7 nitrogen and oxygen atoms in total. The van der Waals surface area contributed by atoms with E-state index in [1.807, 2.05) is 0 Å². The summed E-state index contributed by atoms with van der Waals surface area (Å²) in [6, 6.07) is 8.45. The lowest BCUT2D eigenvalue weighted by atomic mass is 9.95. The Hall–Kier alpha value is -2.88. The molecule has 168 valence electrons. The molecule has 0 aliphatic carbocycles. The molecule has 32 heavy (non-hydrogen) atoms. The van der Waals surface area contributed by atoms with Crippen molar-refractivity contribution in [2.75, 3.05) is 26.2 Å². The molecule has 10 heteroatoms. The van der Waals surface area contributed by atoms with Crippen LogP contribution in [0.2, 0.25) is 5.02 Å². The first-order valence-electron chi connectivity index (χ1n) is 10.1. The maximum absolute atomic E-state index is 14.2. The molecular formula is C22H21ClF2N4O3. The number of carbonyl (C=O) groups is 2. The Bertz CT molecular complexity index is 1080. The van der Waals surface area contributed by atoms with Gasteiger partial charge in [-0.1, -0.05) is 17.7 Å². The van der Waals surface area contributed by atoms with Crippen LogP contribution in [0, 0.1) is 17.6 Å². The summed E-state index contributed by atoms with van der Waals surface area (Å²) in [5.41, 5.74) is 3.49. The maximum Gasteiger partial charge on any atom is 0.251 e. The highest BCUT2D eigenvalue weighted by atomic mass is 35.5. The van der Waals surface area contributed by atoms with Gasteiger partial charge in [-0.2, -0.15) is 5.10 Å². The van der Waals surface area contributed by atoms with Crippen LogP contribution in [0.5, 0.6) is 0 Å².